The zero-order valence-corrected chi connectivity index (χ0v) is 26.8. The van der Waals surface area contributed by atoms with E-state index in [4.69, 9.17) is 25.8 Å². The van der Waals surface area contributed by atoms with Crippen molar-refractivity contribution in [2.24, 2.45) is 0 Å². The van der Waals surface area contributed by atoms with Crippen LogP contribution in [-0.2, 0) is 14.3 Å². The van der Waals surface area contributed by atoms with Gasteiger partial charge in [-0.05, 0) is 37.0 Å². The van der Waals surface area contributed by atoms with Gasteiger partial charge in [-0.15, -0.1) is 0 Å². The van der Waals surface area contributed by atoms with Crippen molar-refractivity contribution in [2.75, 3.05) is 57.6 Å². The fourth-order valence-corrected chi connectivity index (χ4v) is 5.34. The molecule has 1 heterocycles. The summed E-state index contributed by atoms with van der Waals surface area (Å²) in [7, 11) is 3.13. The Labute approximate surface area is 273 Å². The summed E-state index contributed by atoms with van der Waals surface area (Å²) in [5.41, 5.74) is 3.15. The largest absolute Gasteiger partial charge is 0.496 e. The van der Waals surface area contributed by atoms with Gasteiger partial charge in [0.2, 0.25) is 5.91 Å². The summed E-state index contributed by atoms with van der Waals surface area (Å²) < 4.78 is 16.0. The highest BCUT2D eigenvalue weighted by molar-refractivity contribution is 6.34. The second kappa shape index (κ2) is 17.2. The summed E-state index contributed by atoms with van der Waals surface area (Å²) in [4.78, 5) is 52.5. The molecule has 0 atom stereocenters. The lowest BCUT2D eigenvalue weighted by molar-refractivity contribution is -0.130. The molecule has 0 unspecified atom stereocenters. The van der Waals surface area contributed by atoms with E-state index in [0.717, 1.165) is 24.2 Å². The van der Waals surface area contributed by atoms with Gasteiger partial charge in [0.25, 0.3) is 0 Å². The van der Waals surface area contributed by atoms with Crippen LogP contribution in [0.1, 0.15) is 36.0 Å². The average Bonchev–Trinajstić information content (AvgIpc) is 3.07. The molecule has 3 amide bonds. The lowest BCUT2D eigenvalue weighted by Crippen LogP contribution is -2.40. The molecule has 0 radical (unpaired) electrons. The van der Waals surface area contributed by atoms with Crippen molar-refractivity contribution < 1.29 is 33.4 Å². The Kier molecular flexibility index (Phi) is 12.8. The van der Waals surface area contributed by atoms with Crippen molar-refractivity contribution in [1.82, 2.24) is 9.80 Å². The molecule has 2 N–H and O–H groups in total. The van der Waals surface area contributed by atoms with Gasteiger partial charge in [0.15, 0.2) is 6.29 Å². The van der Waals surface area contributed by atoms with E-state index in [0.29, 0.717) is 50.7 Å². The van der Waals surface area contributed by atoms with Crippen LogP contribution in [0.4, 0.5) is 21.0 Å². The van der Waals surface area contributed by atoms with E-state index in [-0.39, 0.29) is 40.6 Å². The molecule has 244 valence electrons. The molecule has 4 rings (SSSR count). The number of methoxy groups -OCH3 is 1. The van der Waals surface area contributed by atoms with Crippen LogP contribution in [0.3, 0.4) is 0 Å². The summed E-state index contributed by atoms with van der Waals surface area (Å²) in [6, 6.07) is 20.3. The quantitative estimate of drug-likeness (QED) is 0.162. The number of ether oxygens (including phenoxy) is 3. The lowest BCUT2D eigenvalue weighted by Gasteiger charge is -2.31. The van der Waals surface area contributed by atoms with Crippen LogP contribution in [0, 0.1) is 0 Å². The normalized spacial score (nSPS) is 13.4. The van der Waals surface area contributed by atoms with Gasteiger partial charge in [0.1, 0.15) is 11.9 Å². The standard InChI is InChI=1S/C34H39ClN4O7/c1-38(16-8-20-45-33(42)37-30-22-31(44-2)25(23-40)21-28(30)35)32(41)15-19-39-17-13-26(14-18-39)46-34(43)36-29-12-7-6-11-27(29)24-9-4-3-5-10-24/h3-7,9-12,21-23,26H,8,13-20H2,1-2H3,(H,36,43)(H,37,42). The molecule has 3 aromatic rings. The van der Waals surface area contributed by atoms with Crippen molar-refractivity contribution in [1.29, 1.82) is 0 Å². The summed E-state index contributed by atoms with van der Waals surface area (Å²) >= 11 is 6.13. The number of hydrogen-bond acceptors (Lipinski definition) is 8. The van der Waals surface area contributed by atoms with Crippen molar-refractivity contribution in [3.8, 4) is 16.9 Å². The summed E-state index contributed by atoms with van der Waals surface area (Å²) in [6.07, 6.45) is 1.43. The first kappa shape index (κ1) is 34.3. The third-order valence-electron chi connectivity index (χ3n) is 7.68. The van der Waals surface area contributed by atoms with Crippen LogP contribution in [0.15, 0.2) is 66.7 Å². The third kappa shape index (κ3) is 9.95. The van der Waals surface area contributed by atoms with Crippen LogP contribution >= 0.6 is 11.6 Å². The number of halogens is 1. The van der Waals surface area contributed by atoms with Crippen molar-refractivity contribution in [3.05, 3.63) is 77.3 Å². The van der Waals surface area contributed by atoms with Gasteiger partial charge < -0.3 is 24.0 Å². The number of amides is 3. The number of nitrogens with one attached hydrogen (secondary N) is 2. The van der Waals surface area contributed by atoms with E-state index in [1.165, 1.54) is 19.2 Å². The number of hydrogen-bond donors (Lipinski definition) is 2. The molecule has 12 heteroatoms. The van der Waals surface area contributed by atoms with E-state index in [2.05, 4.69) is 15.5 Å². The van der Waals surface area contributed by atoms with Crippen LogP contribution in [-0.4, -0.2) is 87.2 Å². The number of benzene rings is 3. The molecule has 0 saturated carbocycles. The number of anilines is 2. The van der Waals surface area contributed by atoms with Crippen LogP contribution in [0.25, 0.3) is 11.1 Å². The molecule has 0 aliphatic carbocycles. The number of rotatable bonds is 13. The van der Waals surface area contributed by atoms with Gasteiger partial charge in [-0.3, -0.25) is 20.2 Å². The molecule has 0 bridgehead atoms. The maximum atomic E-state index is 12.7. The second-order valence-electron chi connectivity index (χ2n) is 10.9. The Balaban J connectivity index is 1.10. The minimum absolute atomic E-state index is 0.00608. The molecule has 1 aliphatic rings. The molecule has 3 aromatic carbocycles. The van der Waals surface area contributed by atoms with E-state index in [1.54, 1.807) is 11.9 Å². The van der Waals surface area contributed by atoms with Gasteiger partial charge in [-0.25, -0.2) is 9.59 Å². The van der Waals surface area contributed by atoms with Crippen molar-refractivity contribution >= 4 is 47.4 Å². The maximum absolute atomic E-state index is 12.7. The zero-order valence-electron chi connectivity index (χ0n) is 26.0. The number of para-hydroxylation sites is 1. The van der Waals surface area contributed by atoms with E-state index >= 15 is 0 Å². The Bertz CT molecular complexity index is 1500. The van der Waals surface area contributed by atoms with Gasteiger partial charge >= 0.3 is 12.2 Å². The Morgan fingerprint density at radius 3 is 2.39 bits per heavy atom. The summed E-state index contributed by atoms with van der Waals surface area (Å²) in [5.74, 6) is 0.269. The van der Waals surface area contributed by atoms with Gasteiger partial charge in [0, 0.05) is 51.3 Å². The fraction of sp³-hybridized carbons (Fsp3) is 0.353. The Morgan fingerprint density at radius 1 is 0.978 bits per heavy atom. The van der Waals surface area contributed by atoms with Crippen molar-refractivity contribution in [2.45, 2.75) is 31.8 Å². The topological polar surface area (TPSA) is 127 Å². The average molecular weight is 651 g/mol. The van der Waals surface area contributed by atoms with E-state index < -0.39 is 12.2 Å². The monoisotopic (exact) mass is 650 g/mol. The Hall–Kier alpha value is -4.61. The molecule has 1 aliphatic heterocycles. The fourth-order valence-electron chi connectivity index (χ4n) is 5.12. The summed E-state index contributed by atoms with van der Waals surface area (Å²) in [5, 5.41) is 5.60. The van der Waals surface area contributed by atoms with Crippen LogP contribution < -0.4 is 15.4 Å². The van der Waals surface area contributed by atoms with Crippen molar-refractivity contribution in [3.63, 3.8) is 0 Å². The van der Waals surface area contributed by atoms with Gasteiger partial charge in [-0.2, -0.15) is 0 Å². The molecular weight excluding hydrogens is 612 g/mol. The van der Waals surface area contributed by atoms with E-state index in [1.807, 2.05) is 54.6 Å². The summed E-state index contributed by atoms with van der Waals surface area (Å²) in [6.45, 7) is 2.59. The highest BCUT2D eigenvalue weighted by Crippen LogP contribution is 2.30. The molecular formula is C34H39ClN4O7. The molecule has 11 nitrogen and oxygen atoms in total. The first-order valence-corrected chi connectivity index (χ1v) is 15.5. The molecule has 1 fully saturated rings. The minimum atomic E-state index is -0.710. The SMILES string of the molecule is COc1cc(NC(=O)OCCCN(C)C(=O)CCN2CCC(OC(=O)Nc3ccccc3-c3ccccc3)CC2)c(Cl)cc1C=O. The second-order valence-corrected chi connectivity index (χ2v) is 11.3. The molecule has 0 spiro atoms. The van der Waals surface area contributed by atoms with Gasteiger partial charge in [0.05, 0.1) is 35.7 Å². The predicted octanol–water partition coefficient (Wildman–Crippen LogP) is 6.33. The third-order valence-corrected chi connectivity index (χ3v) is 7.99. The highest BCUT2D eigenvalue weighted by atomic mass is 35.5. The Morgan fingerprint density at radius 2 is 1.67 bits per heavy atom. The maximum Gasteiger partial charge on any atom is 0.411 e. The number of nitrogens with zero attached hydrogens (tertiary/aromatic N) is 2. The molecule has 1 saturated heterocycles. The van der Waals surface area contributed by atoms with Gasteiger partial charge in [-0.1, -0.05) is 60.1 Å². The number of piperidine rings is 1. The zero-order chi connectivity index (χ0) is 32.9. The number of carbonyl (C=O) groups excluding carboxylic acids is 4. The first-order valence-electron chi connectivity index (χ1n) is 15.1. The smallest absolute Gasteiger partial charge is 0.411 e. The molecule has 0 aromatic heterocycles. The van der Waals surface area contributed by atoms with E-state index in [9.17, 15) is 19.2 Å². The van der Waals surface area contributed by atoms with Crippen LogP contribution in [0.5, 0.6) is 5.75 Å². The number of likely N-dealkylation sites (tertiary alicyclic amines) is 1. The highest BCUT2D eigenvalue weighted by Gasteiger charge is 2.23. The van der Waals surface area contributed by atoms with Crippen LogP contribution in [0.2, 0.25) is 5.02 Å². The lowest BCUT2D eigenvalue weighted by atomic mass is 10.0. The molecule has 46 heavy (non-hydrogen) atoms. The minimum Gasteiger partial charge on any atom is -0.496 e. The number of aldehydes is 1. The first-order chi connectivity index (χ1) is 22.3. The number of carbonyl (C=O) groups is 4. The predicted molar refractivity (Wildman–Crippen MR) is 177 cm³/mol.